The van der Waals surface area contributed by atoms with Gasteiger partial charge in [0.15, 0.2) is 0 Å². The highest BCUT2D eigenvalue weighted by molar-refractivity contribution is 5.77. The maximum absolute atomic E-state index is 11.7. The third kappa shape index (κ3) is 3.66. The molecule has 1 atom stereocenters. The first kappa shape index (κ1) is 11.5. The van der Waals surface area contributed by atoms with Crippen molar-refractivity contribution in [3.05, 3.63) is 0 Å². The van der Waals surface area contributed by atoms with E-state index < -0.39 is 0 Å². The second-order valence-electron chi connectivity index (χ2n) is 5.77. The summed E-state index contributed by atoms with van der Waals surface area (Å²) in [6.45, 7) is 10.3. The van der Waals surface area contributed by atoms with Gasteiger partial charge in [0.05, 0.1) is 5.54 Å². The Morgan fingerprint density at radius 1 is 1.50 bits per heavy atom. The third-order valence-electron chi connectivity index (χ3n) is 2.50. The van der Waals surface area contributed by atoms with E-state index in [9.17, 15) is 4.79 Å². The van der Waals surface area contributed by atoms with Crippen LogP contribution in [0.1, 0.15) is 40.5 Å². The second-order valence-corrected chi connectivity index (χ2v) is 5.77. The van der Waals surface area contributed by atoms with Gasteiger partial charge < -0.3 is 10.6 Å². The van der Waals surface area contributed by atoms with E-state index in [4.69, 9.17) is 0 Å². The monoisotopic (exact) mass is 198 g/mol. The first-order valence-electron chi connectivity index (χ1n) is 5.33. The quantitative estimate of drug-likeness (QED) is 0.702. The first-order chi connectivity index (χ1) is 6.31. The van der Waals surface area contributed by atoms with E-state index in [-0.39, 0.29) is 16.9 Å². The minimum atomic E-state index is -0.0255. The average molecular weight is 198 g/mol. The summed E-state index contributed by atoms with van der Waals surface area (Å²) in [5.41, 5.74) is 0.0504. The third-order valence-corrected chi connectivity index (χ3v) is 2.50. The molecule has 1 amide bonds. The summed E-state index contributed by atoms with van der Waals surface area (Å²) < 4.78 is 0. The Bertz CT molecular complexity index is 212. The van der Waals surface area contributed by atoms with Gasteiger partial charge in [0.2, 0.25) is 5.91 Å². The largest absolute Gasteiger partial charge is 0.350 e. The minimum absolute atomic E-state index is 0.0255. The molecule has 1 aliphatic rings. The number of rotatable bonds is 2. The van der Waals surface area contributed by atoms with Crippen LogP contribution in [0.25, 0.3) is 0 Å². The van der Waals surface area contributed by atoms with Crippen molar-refractivity contribution in [2.24, 2.45) is 5.41 Å². The molecule has 1 rings (SSSR count). The highest BCUT2D eigenvalue weighted by Gasteiger charge is 2.30. The molecule has 2 N–H and O–H groups in total. The summed E-state index contributed by atoms with van der Waals surface area (Å²) >= 11 is 0. The Hall–Kier alpha value is -0.570. The lowest BCUT2D eigenvalue weighted by Gasteiger charge is -2.27. The Morgan fingerprint density at radius 3 is 2.57 bits per heavy atom. The van der Waals surface area contributed by atoms with Crippen molar-refractivity contribution in [2.75, 3.05) is 13.1 Å². The van der Waals surface area contributed by atoms with Crippen molar-refractivity contribution in [1.82, 2.24) is 10.6 Å². The van der Waals surface area contributed by atoms with Crippen molar-refractivity contribution in [2.45, 2.75) is 46.1 Å². The van der Waals surface area contributed by atoms with E-state index >= 15 is 0 Å². The van der Waals surface area contributed by atoms with Gasteiger partial charge in [-0.05, 0) is 25.3 Å². The van der Waals surface area contributed by atoms with Gasteiger partial charge in [0, 0.05) is 13.0 Å². The SMILES string of the molecule is CC(C)(C)CC(=O)NC1(C)CCNC1. The molecule has 3 heteroatoms. The number of amides is 1. The fourth-order valence-corrected chi connectivity index (χ4v) is 1.79. The van der Waals surface area contributed by atoms with Crippen LogP contribution in [0.3, 0.4) is 0 Å². The number of hydrogen-bond donors (Lipinski definition) is 2. The molecule has 0 aromatic heterocycles. The van der Waals surface area contributed by atoms with Crippen LogP contribution in [0.5, 0.6) is 0 Å². The van der Waals surface area contributed by atoms with Crippen molar-refractivity contribution < 1.29 is 4.79 Å². The van der Waals surface area contributed by atoms with Crippen LogP contribution in [0.4, 0.5) is 0 Å². The fraction of sp³-hybridized carbons (Fsp3) is 0.909. The van der Waals surface area contributed by atoms with Crippen LogP contribution in [-0.2, 0) is 4.79 Å². The summed E-state index contributed by atoms with van der Waals surface area (Å²) in [4.78, 5) is 11.7. The number of hydrogen-bond acceptors (Lipinski definition) is 2. The van der Waals surface area contributed by atoms with E-state index in [0.717, 1.165) is 19.5 Å². The predicted molar refractivity (Wildman–Crippen MR) is 58.1 cm³/mol. The van der Waals surface area contributed by atoms with Gasteiger partial charge in [-0.3, -0.25) is 4.79 Å². The van der Waals surface area contributed by atoms with E-state index in [0.29, 0.717) is 6.42 Å². The average Bonchev–Trinajstić information content (AvgIpc) is 2.30. The maximum Gasteiger partial charge on any atom is 0.220 e. The molecule has 0 radical (unpaired) electrons. The highest BCUT2D eigenvalue weighted by Crippen LogP contribution is 2.20. The molecule has 0 saturated carbocycles. The normalized spacial score (nSPS) is 27.7. The Kier molecular flexibility index (Phi) is 3.20. The number of carbonyl (C=O) groups is 1. The summed E-state index contributed by atoms with van der Waals surface area (Å²) in [5.74, 6) is 0.170. The van der Waals surface area contributed by atoms with E-state index in [1.54, 1.807) is 0 Å². The topological polar surface area (TPSA) is 41.1 Å². The van der Waals surface area contributed by atoms with Gasteiger partial charge >= 0.3 is 0 Å². The molecule has 0 aromatic rings. The van der Waals surface area contributed by atoms with Gasteiger partial charge in [-0.1, -0.05) is 20.8 Å². The molecule has 82 valence electrons. The zero-order valence-electron chi connectivity index (χ0n) is 9.74. The zero-order valence-corrected chi connectivity index (χ0v) is 9.74. The van der Waals surface area contributed by atoms with Crippen molar-refractivity contribution in [3.8, 4) is 0 Å². The smallest absolute Gasteiger partial charge is 0.220 e. The molecule has 0 aromatic carbocycles. The Morgan fingerprint density at radius 2 is 2.14 bits per heavy atom. The highest BCUT2D eigenvalue weighted by atomic mass is 16.1. The summed E-state index contributed by atoms with van der Waals surface area (Å²) in [7, 11) is 0. The van der Waals surface area contributed by atoms with Gasteiger partial charge in [-0.25, -0.2) is 0 Å². The molecule has 1 fully saturated rings. The van der Waals surface area contributed by atoms with Crippen molar-refractivity contribution in [3.63, 3.8) is 0 Å². The Labute approximate surface area is 86.6 Å². The van der Waals surface area contributed by atoms with E-state index in [1.807, 2.05) is 0 Å². The van der Waals surface area contributed by atoms with Gasteiger partial charge in [0.1, 0.15) is 0 Å². The number of nitrogens with one attached hydrogen (secondary N) is 2. The Balaban J connectivity index is 2.40. The van der Waals surface area contributed by atoms with Crippen LogP contribution in [-0.4, -0.2) is 24.5 Å². The molecule has 0 aliphatic carbocycles. The second kappa shape index (κ2) is 3.89. The van der Waals surface area contributed by atoms with Crippen LogP contribution < -0.4 is 10.6 Å². The van der Waals surface area contributed by atoms with Crippen LogP contribution in [0.15, 0.2) is 0 Å². The first-order valence-corrected chi connectivity index (χ1v) is 5.33. The molecular weight excluding hydrogens is 176 g/mol. The maximum atomic E-state index is 11.7. The van der Waals surface area contributed by atoms with Crippen LogP contribution in [0, 0.1) is 5.41 Å². The van der Waals surface area contributed by atoms with Gasteiger partial charge in [-0.2, -0.15) is 0 Å². The molecule has 1 heterocycles. The van der Waals surface area contributed by atoms with Gasteiger partial charge in [0.25, 0.3) is 0 Å². The van der Waals surface area contributed by atoms with Crippen molar-refractivity contribution in [1.29, 1.82) is 0 Å². The standard InChI is InChI=1S/C11H22N2O/c1-10(2,3)7-9(14)13-11(4)5-6-12-8-11/h12H,5-8H2,1-4H3,(H,13,14). The lowest BCUT2D eigenvalue weighted by atomic mass is 9.91. The summed E-state index contributed by atoms with van der Waals surface area (Å²) in [6.07, 6.45) is 1.63. The lowest BCUT2D eigenvalue weighted by molar-refractivity contribution is -0.124. The van der Waals surface area contributed by atoms with Gasteiger partial charge in [-0.15, -0.1) is 0 Å². The minimum Gasteiger partial charge on any atom is -0.350 e. The summed E-state index contributed by atoms with van der Waals surface area (Å²) in [5, 5.41) is 6.38. The van der Waals surface area contributed by atoms with Crippen molar-refractivity contribution >= 4 is 5.91 Å². The molecule has 1 saturated heterocycles. The van der Waals surface area contributed by atoms with E-state index in [1.165, 1.54) is 0 Å². The molecule has 3 nitrogen and oxygen atoms in total. The lowest BCUT2D eigenvalue weighted by Crippen LogP contribution is -2.48. The molecule has 0 bridgehead atoms. The molecular formula is C11H22N2O. The fourth-order valence-electron chi connectivity index (χ4n) is 1.79. The molecule has 1 aliphatic heterocycles. The molecule has 1 unspecified atom stereocenters. The van der Waals surface area contributed by atoms with E-state index in [2.05, 4.69) is 38.3 Å². The molecule has 0 spiro atoms. The molecule has 14 heavy (non-hydrogen) atoms. The predicted octanol–water partition coefficient (Wildman–Crippen LogP) is 1.29. The number of carbonyl (C=O) groups excluding carboxylic acids is 1. The summed E-state index contributed by atoms with van der Waals surface area (Å²) in [6, 6.07) is 0. The zero-order chi connectivity index (χ0) is 10.8. The van der Waals surface area contributed by atoms with Crippen LogP contribution >= 0.6 is 0 Å². The van der Waals surface area contributed by atoms with Crippen LogP contribution in [0.2, 0.25) is 0 Å².